The van der Waals surface area contributed by atoms with Crippen LogP contribution in [0.3, 0.4) is 0 Å². The second-order valence-corrected chi connectivity index (χ2v) is 9.47. The van der Waals surface area contributed by atoms with Gasteiger partial charge in [-0.1, -0.05) is 18.9 Å². The molecule has 0 fully saturated rings. The zero-order valence-electron chi connectivity index (χ0n) is 11.9. The second kappa shape index (κ2) is 10.4. The Balaban J connectivity index is 0.000000472. The van der Waals surface area contributed by atoms with E-state index in [0.29, 0.717) is 0 Å². The van der Waals surface area contributed by atoms with Crippen molar-refractivity contribution in [1.82, 2.24) is 0 Å². The van der Waals surface area contributed by atoms with Crippen LogP contribution in [0.2, 0.25) is 0 Å². The predicted molar refractivity (Wildman–Crippen MR) is 89.1 cm³/mol. The lowest BCUT2D eigenvalue weighted by Gasteiger charge is -1.98. The van der Waals surface area contributed by atoms with Gasteiger partial charge >= 0.3 is 0 Å². The van der Waals surface area contributed by atoms with Crippen LogP contribution in [0, 0.1) is 0 Å². The highest BCUT2D eigenvalue weighted by atomic mass is 35.7. The van der Waals surface area contributed by atoms with Gasteiger partial charge in [0.05, 0.1) is 9.79 Å². The maximum absolute atomic E-state index is 10.8. The van der Waals surface area contributed by atoms with E-state index in [2.05, 4.69) is 0 Å². The van der Waals surface area contributed by atoms with Crippen LogP contribution < -0.4 is 11.5 Å². The first kappa shape index (κ1) is 21.6. The Labute approximate surface area is 140 Å². The predicted octanol–water partition coefficient (Wildman–Crippen LogP) is 2.01. The number of benzene rings is 1. The molecule has 1 aromatic carbocycles. The first-order valence-electron chi connectivity index (χ1n) is 6.52. The van der Waals surface area contributed by atoms with Crippen LogP contribution in [0.4, 0.5) is 0 Å². The Kier molecular flexibility index (Phi) is 10.2. The Bertz CT molecular complexity index is 596. The number of unbranched alkanes of at least 4 members (excludes halogenated alkanes) is 3. The first-order chi connectivity index (χ1) is 10.1. The van der Waals surface area contributed by atoms with E-state index in [1.54, 1.807) is 0 Å². The standard InChI is InChI=1S/C6H4Cl2O4S2.C6H16N2/c7-13(9,10)5-2-1-3-6(4-5)14(8,11)12;7-5-3-1-2-4-6-8/h1-4H;1-8H2. The molecule has 0 saturated heterocycles. The van der Waals surface area contributed by atoms with Crippen LogP contribution in [-0.2, 0) is 18.1 Å². The van der Waals surface area contributed by atoms with Crippen LogP contribution in [0.1, 0.15) is 25.7 Å². The van der Waals surface area contributed by atoms with Gasteiger partial charge in [0.1, 0.15) is 0 Å². The van der Waals surface area contributed by atoms with Crippen LogP contribution in [0.15, 0.2) is 34.1 Å². The van der Waals surface area contributed by atoms with E-state index >= 15 is 0 Å². The third kappa shape index (κ3) is 9.60. The molecular weight excluding hydrogens is 371 g/mol. The molecule has 6 nitrogen and oxygen atoms in total. The molecule has 0 amide bonds. The van der Waals surface area contributed by atoms with Crippen molar-refractivity contribution in [3.63, 3.8) is 0 Å². The number of halogens is 2. The molecule has 0 heterocycles. The minimum Gasteiger partial charge on any atom is -0.330 e. The number of hydrogen-bond acceptors (Lipinski definition) is 6. The average molecular weight is 391 g/mol. The summed E-state index contributed by atoms with van der Waals surface area (Å²) in [4.78, 5) is -0.609. The molecule has 128 valence electrons. The van der Waals surface area contributed by atoms with Crippen LogP contribution >= 0.6 is 21.4 Å². The van der Waals surface area contributed by atoms with Crippen molar-refractivity contribution in [3.8, 4) is 0 Å². The van der Waals surface area contributed by atoms with Crippen molar-refractivity contribution in [1.29, 1.82) is 0 Å². The summed E-state index contributed by atoms with van der Waals surface area (Å²) in [6, 6.07) is 4.48. The van der Waals surface area contributed by atoms with E-state index in [1.165, 1.54) is 31.0 Å². The fraction of sp³-hybridized carbons (Fsp3) is 0.500. The van der Waals surface area contributed by atoms with E-state index in [9.17, 15) is 16.8 Å². The highest BCUT2D eigenvalue weighted by molar-refractivity contribution is 8.14. The van der Waals surface area contributed by atoms with Crippen LogP contribution in [0.25, 0.3) is 0 Å². The lowest BCUT2D eigenvalue weighted by atomic mass is 10.2. The molecule has 4 N–H and O–H groups in total. The summed E-state index contributed by atoms with van der Waals surface area (Å²) in [5, 5.41) is 0. The molecule has 22 heavy (non-hydrogen) atoms. The summed E-state index contributed by atoms with van der Waals surface area (Å²) in [6.07, 6.45) is 4.79. The molecular formula is C12H20Cl2N2O4S2. The maximum atomic E-state index is 10.8. The van der Waals surface area contributed by atoms with E-state index in [-0.39, 0.29) is 9.79 Å². The average Bonchev–Trinajstić information content (AvgIpc) is 2.43. The van der Waals surface area contributed by atoms with Crippen LogP contribution in [-0.4, -0.2) is 29.9 Å². The van der Waals surface area contributed by atoms with E-state index in [0.717, 1.165) is 32.0 Å². The van der Waals surface area contributed by atoms with Gasteiger partial charge in [0, 0.05) is 21.4 Å². The topological polar surface area (TPSA) is 120 Å². The van der Waals surface area contributed by atoms with Gasteiger partial charge in [-0.2, -0.15) is 0 Å². The highest BCUT2D eigenvalue weighted by Crippen LogP contribution is 2.21. The lowest BCUT2D eigenvalue weighted by Crippen LogP contribution is -2.00. The zero-order chi connectivity index (χ0) is 17.2. The van der Waals surface area contributed by atoms with E-state index in [4.69, 9.17) is 32.8 Å². The van der Waals surface area contributed by atoms with Crippen molar-refractivity contribution in [2.75, 3.05) is 13.1 Å². The van der Waals surface area contributed by atoms with Crippen molar-refractivity contribution in [2.45, 2.75) is 35.5 Å². The molecule has 0 spiro atoms. The second-order valence-electron chi connectivity index (χ2n) is 4.34. The molecule has 0 unspecified atom stereocenters. The Morgan fingerprint density at radius 3 is 1.41 bits per heavy atom. The Hall–Kier alpha value is -0.380. The van der Waals surface area contributed by atoms with E-state index < -0.39 is 18.1 Å². The van der Waals surface area contributed by atoms with E-state index in [1.807, 2.05) is 0 Å². The molecule has 10 heteroatoms. The molecule has 0 bridgehead atoms. The highest BCUT2D eigenvalue weighted by Gasteiger charge is 2.15. The number of rotatable bonds is 7. The largest absolute Gasteiger partial charge is 0.330 e. The molecule has 1 aromatic rings. The van der Waals surface area contributed by atoms with Gasteiger partial charge in [-0.3, -0.25) is 0 Å². The van der Waals surface area contributed by atoms with Gasteiger partial charge in [0.25, 0.3) is 18.1 Å². The fourth-order valence-corrected chi connectivity index (χ4v) is 3.09. The van der Waals surface area contributed by atoms with Gasteiger partial charge in [-0.15, -0.1) is 0 Å². The minimum atomic E-state index is -3.94. The summed E-state index contributed by atoms with van der Waals surface area (Å²) in [5.74, 6) is 0. The van der Waals surface area contributed by atoms with Gasteiger partial charge in [-0.05, 0) is 44.1 Å². The minimum absolute atomic E-state index is 0.305. The SMILES string of the molecule is NCCCCCCN.O=S(=O)(Cl)c1cccc(S(=O)(=O)Cl)c1. The quantitative estimate of drug-likeness (QED) is 0.542. The van der Waals surface area contributed by atoms with Crippen molar-refractivity contribution < 1.29 is 16.8 Å². The molecule has 0 aliphatic rings. The van der Waals surface area contributed by atoms with Gasteiger partial charge in [0.15, 0.2) is 0 Å². The van der Waals surface area contributed by atoms with Gasteiger partial charge < -0.3 is 11.5 Å². The monoisotopic (exact) mass is 390 g/mol. The summed E-state index contributed by atoms with van der Waals surface area (Å²) in [6.45, 7) is 1.65. The summed E-state index contributed by atoms with van der Waals surface area (Å²) < 4.78 is 43.4. The Morgan fingerprint density at radius 1 is 0.773 bits per heavy atom. The third-order valence-electron chi connectivity index (χ3n) is 2.53. The molecule has 1 rings (SSSR count). The number of hydrogen-bond donors (Lipinski definition) is 2. The van der Waals surface area contributed by atoms with Crippen molar-refractivity contribution >= 4 is 39.5 Å². The summed E-state index contributed by atoms with van der Waals surface area (Å²) in [7, 11) is 2.16. The Morgan fingerprint density at radius 2 is 1.14 bits per heavy atom. The zero-order valence-corrected chi connectivity index (χ0v) is 15.1. The van der Waals surface area contributed by atoms with Gasteiger partial charge in [-0.25, -0.2) is 16.8 Å². The molecule has 0 aliphatic heterocycles. The summed E-state index contributed by atoms with van der Waals surface area (Å²) >= 11 is 0. The molecule has 0 aromatic heterocycles. The third-order valence-corrected chi connectivity index (χ3v) is 5.23. The summed E-state index contributed by atoms with van der Waals surface area (Å²) in [5.41, 5.74) is 10.6. The normalized spacial score (nSPS) is 11.6. The van der Waals surface area contributed by atoms with Crippen LogP contribution in [0.5, 0.6) is 0 Å². The molecule has 0 radical (unpaired) electrons. The lowest BCUT2D eigenvalue weighted by molar-refractivity contribution is 0.608. The first-order valence-corrected chi connectivity index (χ1v) is 11.1. The van der Waals surface area contributed by atoms with Crippen molar-refractivity contribution in [3.05, 3.63) is 24.3 Å². The molecule has 0 aliphatic carbocycles. The smallest absolute Gasteiger partial charge is 0.261 e. The number of nitrogens with two attached hydrogens (primary N) is 2. The molecule has 0 atom stereocenters. The van der Waals surface area contributed by atoms with Gasteiger partial charge in [0.2, 0.25) is 0 Å². The molecule has 0 saturated carbocycles. The fourth-order valence-electron chi connectivity index (χ4n) is 1.42. The van der Waals surface area contributed by atoms with Crippen molar-refractivity contribution in [2.24, 2.45) is 11.5 Å². The maximum Gasteiger partial charge on any atom is 0.261 e.